The maximum absolute atomic E-state index is 10.7. The van der Waals surface area contributed by atoms with Crippen LogP contribution in [-0.2, 0) is 4.79 Å². The van der Waals surface area contributed by atoms with E-state index in [0.29, 0.717) is 19.3 Å². The number of carboxylic acids is 1. The van der Waals surface area contributed by atoms with Gasteiger partial charge in [-0.1, -0.05) is 13.8 Å². The minimum atomic E-state index is -0.747. The molecule has 0 rings (SSSR count). The Bertz CT molecular complexity index is 181. The topological polar surface area (TPSA) is 61.1 Å². The van der Waals surface area contributed by atoms with Crippen molar-refractivity contribution in [2.45, 2.75) is 33.1 Å². The Labute approximate surface area is 73.0 Å². The first kappa shape index (κ1) is 11.0. The summed E-state index contributed by atoms with van der Waals surface area (Å²) >= 11 is 0. The van der Waals surface area contributed by atoms with Crippen molar-refractivity contribution in [2.24, 2.45) is 11.8 Å². The highest BCUT2D eigenvalue weighted by Crippen LogP contribution is 2.17. The molecular formula is C9H15NO2. The lowest BCUT2D eigenvalue weighted by molar-refractivity contribution is -0.143. The Morgan fingerprint density at radius 2 is 2.17 bits per heavy atom. The molecule has 0 aliphatic carbocycles. The molecule has 0 aliphatic rings. The quantitative estimate of drug-likeness (QED) is 0.640. The van der Waals surface area contributed by atoms with Crippen molar-refractivity contribution < 1.29 is 9.90 Å². The van der Waals surface area contributed by atoms with E-state index in [-0.39, 0.29) is 11.8 Å². The zero-order chi connectivity index (χ0) is 9.56. The molecule has 3 heteroatoms. The van der Waals surface area contributed by atoms with Crippen molar-refractivity contribution in [3.05, 3.63) is 0 Å². The number of unbranched alkanes of at least 4 members (excludes halogenated alkanes) is 1. The molecule has 0 saturated carbocycles. The van der Waals surface area contributed by atoms with Gasteiger partial charge in [-0.05, 0) is 18.8 Å². The first-order chi connectivity index (χ1) is 5.59. The van der Waals surface area contributed by atoms with Crippen molar-refractivity contribution in [2.75, 3.05) is 0 Å². The van der Waals surface area contributed by atoms with Gasteiger partial charge in [-0.2, -0.15) is 5.26 Å². The molecule has 0 unspecified atom stereocenters. The normalized spacial score (nSPS) is 12.5. The van der Waals surface area contributed by atoms with Crippen molar-refractivity contribution >= 4 is 5.97 Å². The Morgan fingerprint density at radius 1 is 1.58 bits per heavy atom. The summed E-state index contributed by atoms with van der Waals surface area (Å²) in [6.07, 6.45) is 1.75. The maximum atomic E-state index is 10.7. The molecule has 1 atom stereocenters. The van der Waals surface area contributed by atoms with Crippen LogP contribution in [0, 0.1) is 23.2 Å². The molecule has 0 heterocycles. The maximum Gasteiger partial charge on any atom is 0.306 e. The summed E-state index contributed by atoms with van der Waals surface area (Å²) in [5.74, 6) is -0.887. The van der Waals surface area contributed by atoms with Gasteiger partial charge in [-0.15, -0.1) is 0 Å². The largest absolute Gasteiger partial charge is 0.481 e. The predicted octanol–water partition coefficient (Wildman–Crippen LogP) is 2.04. The fourth-order valence-electron chi connectivity index (χ4n) is 1.14. The highest BCUT2D eigenvalue weighted by atomic mass is 16.4. The Kier molecular flexibility index (Phi) is 5.11. The zero-order valence-electron chi connectivity index (χ0n) is 7.58. The van der Waals surface area contributed by atoms with Crippen LogP contribution in [0.25, 0.3) is 0 Å². The molecule has 0 spiro atoms. The number of hydrogen-bond donors (Lipinski definition) is 1. The van der Waals surface area contributed by atoms with Crippen LogP contribution in [-0.4, -0.2) is 11.1 Å². The van der Waals surface area contributed by atoms with Crippen LogP contribution >= 0.6 is 0 Å². The molecule has 3 nitrogen and oxygen atoms in total. The van der Waals surface area contributed by atoms with E-state index in [2.05, 4.69) is 0 Å². The van der Waals surface area contributed by atoms with Gasteiger partial charge < -0.3 is 5.11 Å². The number of nitrogens with zero attached hydrogens (tertiary/aromatic N) is 1. The number of rotatable bonds is 5. The van der Waals surface area contributed by atoms with Gasteiger partial charge in [0.1, 0.15) is 0 Å². The Balaban J connectivity index is 3.82. The highest BCUT2D eigenvalue weighted by Gasteiger charge is 2.20. The molecule has 0 aromatic rings. The second-order valence-corrected chi connectivity index (χ2v) is 3.24. The summed E-state index contributed by atoms with van der Waals surface area (Å²) in [4.78, 5) is 10.7. The van der Waals surface area contributed by atoms with Crippen LogP contribution in [0.2, 0.25) is 0 Å². The molecule has 0 bridgehead atoms. The molecule has 68 valence electrons. The minimum Gasteiger partial charge on any atom is -0.481 e. The molecule has 0 amide bonds. The van der Waals surface area contributed by atoms with Gasteiger partial charge in [-0.25, -0.2) is 0 Å². The van der Waals surface area contributed by atoms with Gasteiger partial charge >= 0.3 is 5.97 Å². The van der Waals surface area contributed by atoms with E-state index in [0.717, 1.165) is 0 Å². The highest BCUT2D eigenvalue weighted by molar-refractivity contribution is 5.70. The first-order valence-electron chi connectivity index (χ1n) is 4.19. The lowest BCUT2D eigenvalue weighted by Gasteiger charge is -2.14. The van der Waals surface area contributed by atoms with E-state index in [1.165, 1.54) is 0 Å². The van der Waals surface area contributed by atoms with E-state index < -0.39 is 5.97 Å². The number of carbonyl (C=O) groups is 1. The summed E-state index contributed by atoms with van der Waals surface area (Å²) in [6, 6.07) is 2.01. The fraction of sp³-hybridized carbons (Fsp3) is 0.778. The van der Waals surface area contributed by atoms with E-state index >= 15 is 0 Å². The van der Waals surface area contributed by atoms with Crippen molar-refractivity contribution in [3.8, 4) is 6.07 Å². The molecule has 0 radical (unpaired) electrons. The van der Waals surface area contributed by atoms with Crippen molar-refractivity contribution in [1.82, 2.24) is 0 Å². The van der Waals surface area contributed by atoms with E-state index in [9.17, 15) is 4.79 Å². The van der Waals surface area contributed by atoms with Crippen molar-refractivity contribution in [1.29, 1.82) is 5.26 Å². The molecule has 0 fully saturated rings. The van der Waals surface area contributed by atoms with Crippen LogP contribution in [0.1, 0.15) is 33.1 Å². The average Bonchev–Trinajstić information content (AvgIpc) is 1.96. The molecule has 0 aliphatic heterocycles. The van der Waals surface area contributed by atoms with Gasteiger partial charge in [0.2, 0.25) is 0 Å². The van der Waals surface area contributed by atoms with Crippen LogP contribution in [0.15, 0.2) is 0 Å². The molecule has 0 saturated heterocycles. The Hall–Kier alpha value is -1.04. The molecule has 0 aromatic heterocycles. The van der Waals surface area contributed by atoms with Gasteiger partial charge in [0, 0.05) is 6.42 Å². The molecule has 1 N–H and O–H groups in total. The molecule has 0 aromatic carbocycles. The lowest BCUT2D eigenvalue weighted by atomic mass is 9.91. The third-order valence-electron chi connectivity index (χ3n) is 1.93. The number of carboxylic acid groups (broad SMARTS) is 1. The van der Waals surface area contributed by atoms with Gasteiger partial charge in [0.15, 0.2) is 0 Å². The van der Waals surface area contributed by atoms with Gasteiger partial charge in [-0.3, -0.25) is 4.79 Å². The van der Waals surface area contributed by atoms with Crippen LogP contribution in [0.4, 0.5) is 0 Å². The van der Waals surface area contributed by atoms with E-state index in [1.807, 2.05) is 19.9 Å². The molecular weight excluding hydrogens is 154 g/mol. The monoisotopic (exact) mass is 169 g/mol. The lowest BCUT2D eigenvalue weighted by Crippen LogP contribution is -2.19. The Morgan fingerprint density at radius 3 is 2.50 bits per heavy atom. The third-order valence-corrected chi connectivity index (χ3v) is 1.93. The van der Waals surface area contributed by atoms with Crippen LogP contribution in [0.5, 0.6) is 0 Å². The van der Waals surface area contributed by atoms with E-state index in [1.54, 1.807) is 0 Å². The number of aliphatic carboxylic acids is 1. The third kappa shape index (κ3) is 3.97. The first-order valence-corrected chi connectivity index (χ1v) is 4.19. The van der Waals surface area contributed by atoms with Gasteiger partial charge in [0.25, 0.3) is 0 Å². The van der Waals surface area contributed by atoms with Gasteiger partial charge in [0.05, 0.1) is 12.0 Å². The number of nitriles is 1. The standard InChI is InChI=1S/C9H15NO2/c1-7(2)8(9(11)12)5-3-4-6-10/h7-8H,3-5H2,1-2H3,(H,11,12)/t8-/m0/s1. The molecule has 12 heavy (non-hydrogen) atoms. The second-order valence-electron chi connectivity index (χ2n) is 3.24. The zero-order valence-corrected chi connectivity index (χ0v) is 7.58. The predicted molar refractivity (Wildman–Crippen MR) is 45.4 cm³/mol. The summed E-state index contributed by atoms with van der Waals surface area (Å²) in [5, 5.41) is 17.0. The second kappa shape index (κ2) is 5.59. The summed E-state index contributed by atoms with van der Waals surface area (Å²) in [6.45, 7) is 3.79. The van der Waals surface area contributed by atoms with Crippen LogP contribution in [0.3, 0.4) is 0 Å². The number of hydrogen-bond acceptors (Lipinski definition) is 2. The summed E-state index contributed by atoms with van der Waals surface area (Å²) in [7, 11) is 0. The smallest absolute Gasteiger partial charge is 0.306 e. The SMILES string of the molecule is CC(C)[C@H](CCCC#N)C(=O)O. The summed E-state index contributed by atoms with van der Waals surface area (Å²) in [5.41, 5.74) is 0. The van der Waals surface area contributed by atoms with Crippen LogP contribution < -0.4 is 0 Å². The van der Waals surface area contributed by atoms with E-state index in [4.69, 9.17) is 10.4 Å². The fourth-order valence-corrected chi connectivity index (χ4v) is 1.14. The van der Waals surface area contributed by atoms with Crippen molar-refractivity contribution in [3.63, 3.8) is 0 Å². The minimum absolute atomic E-state index is 0.154. The average molecular weight is 169 g/mol. The summed E-state index contributed by atoms with van der Waals surface area (Å²) < 4.78 is 0.